The lowest BCUT2D eigenvalue weighted by Crippen LogP contribution is -2.23. The van der Waals surface area contributed by atoms with Crippen LogP contribution >= 0.6 is 23.2 Å². The normalized spacial score (nSPS) is 17.4. The first-order valence-electron chi connectivity index (χ1n) is 12.2. The van der Waals surface area contributed by atoms with E-state index in [1.807, 2.05) is 37.3 Å². The summed E-state index contributed by atoms with van der Waals surface area (Å²) in [4.78, 5) is 31.4. The first-order valence-corrected chi connectivity index (χ1v) is 12.9. The number of rotatable bonds is 7. The van der Waals surface area contributed by atoms with E-state index in [9.17, 15) is 9.59 Å². The van der Waals surface area contributed by atoms with Crippen LogP contribution < -0.4 is 5.56 Å². The quantitative estimate of drug-likeness (QED) is 0.295. The van der Waals surface area contributed by atoms with Gasteiger partial charge in [0, 0.05) is 42.8 Å². The summed E-state index contributed by atoms with van der Waals surface area (Å²) in [5.41, 5.74) is 2.59. The van der Waals surface area contributed by atoms with Gasteiger partial charge >= 0.3 is 0 Å². The molecule has 0 N–H and O–H groups in total. The molecule has 1 aliphatic rings. The molecule has 1 heterocycles. The molecule has 1 amide bonds. The average molecular weight is 552 g/mol. The number of benzene rings is 2. The molecule has 3 aromatic rings. The van der Waals surface area contributed by atoms with Gasteiger partial charge in [0.05, 0.1) is 11.3 Å². The molecule has 1 saturated carbocycles. The second-order valence-corrected chi connectivity index (χ2v) is 10.2. The van der Waals surface area contributed by atoms with E-state index >= 15 is 4.39 Å². The summed E-state index contributed by atoms with van der Waals surface area (Å²) < 4.78 is 16.8. The van der Waals surface area contributed by atoms with E-state index in [2.05, 4.69) is 4.99 Å². The highest BCUT2D eigenvalue weighted by Crippen LogP contribution is 2.56. The van der Waals surface area contributed by atoms with Crippen LogP contribution in [0, 0.1) is 12.7 Å². The summed E-state index contributed by atoms with van der Waals surface area (Å²) in [5.74, 6) is -0.735. The van der Waals surface area contributed by atoms with Gasteiger partial charge in [-0.05, 0) is 79.6 Å². The van der Waals surface area contributed by atoms with Crippen LogP contribution in [0.2, 0.25) is 10.0 Å². The maximum atomic E-state index is 15.4. The highest BCUT2D eigenvalue weighted by atomic mass is 35.5. The molecule has 1 aliphatic carbocycles. The molecule has 5 nitrogen and oxygen atoms in total. The van der Waals surface area contributed by atoms with Crippen LogP contribution in [0.5, 0.6) is 0 Å². The van der Waals surface area contributed by atoms with Crippen molar-refractivity contribution in [2.75, 3.05) is 14.1 Å². The lowest BCUT2D eigenvalue weighted by molar-refractivity contribution is 0.0823. The van der Waals surface area contributed by atoms with E-state index in [0.29, 0.717) is 10.7 Å². The molecule has 4 rings (SSSR count). The van der Waals surface area contributed by atoms with Gasteiger partial charge in [-0.25, -0.2) is 4.39 Å². The summed E-state index contributed by atoms with van der Waals surface area (Å²) in [6.45, 7) is 3.61. The molecule has 0 saturated heterocycles. The van der Waals surface area contributed by atoms with Crippen molar-refractivity contribution >= 4 is 41.0 Å². The Morgan fingerprint density at radius 3 is 2.50 bits per heavy atom. The fourth-order valence-electron chi connectivity index (χ4n) is 4.48. The zero-order valence-electron chi connectivity index (χ0n) is 21.6. The summed E-state index contributed by atoms with van der Waals surface area (Å²) in [5, 5.41) is 0.839. The van der Waals surface area contributed by atoms with Crippen LogP contribution in [0.15, 0.2) is 76.7 Å². The monoisotopic (exact) mass is 551 g/mol. The molecule has 1 aromatic heterocycles. The Labute approximate surface area is 231 Å². The Kier molecular flexibility index (Phi) is 8.34. The number of aryl methyl sites for hydroxylation is 1. The molecule has 2 aromatic carbocycles. The second kappa shape index (κ2) is 11.5. The van der Waals surface area contributed by atoms with Crippen molar-refractivity contribution in [1.82, 2.24) is 9.47 Å². The molecule has 2 atom stereocenters. The smallest absolute Gasteiger partial charge is 0.273 e. The minimum absolute atomic E-state index is 0.0616. The highest BCUT2D eigenvalue weighted by molar-refractivity contribution is 6.31. The van der Waals surface area contributed by atoms with E-state index < -0.39 is 11.7 Å². The minimum Gasteiger partial charge on any atom is -0.345 e. The molecule has 196 valence electrons. The number of carbonyl (C=O) groups is 1. The van der Waals surface area contributed by atoms with Crippen molar-refractivity contribution in [1.29, 1.82) is 0 Å². The first kappa shape index (κ1) is 27.6. The van der Waals surface area contributed by atoms with Gasteiger partial charge in [0.15, 0.2) is 0 Å². The molecule has 2 unspecified atom stereocenters. The van der Waals surface area contributed by atoms with Gasteiger partial charge in [-0.1, -0.05) is 47.5 Å². The average Bonchev–Trinajstić information content (AvgIpc) is 3.68. The third kappa shape index (κ3) is 5.66. The van der Waals surface area contributed by atoms with Crippen molar-refractivity contribution in [3.63, 3.8) is 0 Å². The van der Waals surface area contributed by atoms with E-state index in [0.717, 1.165) is 17.5 Å². The standard InChI is InChI=1S/C30H28Cl2FN3O2/c1-5-13-34-26(21-10-7-11-22(28(21)33)29(37)35(3)4)12-14-36-18(2)15-25(27(32)30(36)38)24-17-23(24)19-8-6-9-20(31)16-19/h5-16,23-24H,17H2,1-4H3/b13-5+,14-12+,34-26-. The number of amides is 1. The minimum atomic E-state index is -0.683. The van der Waals surface area contributed by atoms with Crippen LogP contribution in [0.4, 0.5) is 4.39 Å². The maximum Gasteiger partial charge on any atom is 0.273 e. The van der Waals surface area contributed by atoms with Crippen molar-refractivity contribution in [2.45, 2.75) is 32.1 Å². The lowest BCUT2D eigenvalue weighted by atomic mass is 10.0. The van der Waals surface area contributed by atoms with Crippen LogP contribution in [0.25, 0.3) is 6.20 Å². The van der Waals surface area contributed by atoms with E-state index in [1.54, 1.807) is 45.3 Å². The van der Waals surface area contributed by atoms with E-state index in [-0.39, 0.29) is 39.3 Å². The number of aliphatic imine (C=N–C) groups is 1. The van der Waals surface area contributed by atoms with Crippen LogP contribution in [-0.2, 0) is 0 Å². The Morgan fingerprint density at radius 2 is 1.82 bits per heavy atom. The largest absolute Gasteiger partial charge is 0.345 e. The number of pyridine rings is 1. The Hall–Kier alpha value is -3.48. The maximum absolute atomic E-state index is 15.4. The third-order valence-electron chi connectivity index (χ3n) is 6.53. The Balaban J connectivity index is 1.68. The van der Waals surface area contributed by atoms with E-state index in [1.165, 1.54) is 27.9 Å². The molecule has 0 aliphatic heterocycles. The SMILES string of the molecule is C/C=C/N=C(/C=C/n1c(C)cc(C2CC2c2cccc(Cl)c2)c(Cl)c1=O)c1cccc(C(=O)N(C)C)c1F. The molecule has 0 spiro atoms. The predicted molar refractivity (Wildman–Crippen MR) is 153 cm³/mol. The van der Waals surface area contributed by atoms with Crippen molar-refractivity contribution < 1.29 is 9.18 Å². The number of hydrogen-bond donors (Lipinski definition) is 0. The molecular formula is C30H28Cl2FN3O2. The second-order valence-electron chi connectivity index (χ2n) is 9.41. The molecule has 0 radical (unpaired) electrons. The predicted octanol–water partition coefficient (Wildman–Crippen LogP) is 7.07. The molecule has 0 bridgehead atoms. The molecule has 1 fully saturated rings. The van der Waals surface area contributed by atoms with Gasteiger partial charge in [0.1, 0.15) is 10.8 Å². The Morgan fingerprint density at radius 1 is 1.11 bits per heavy atom. The number of aromatic nitrogens is 1. The zero-order valence-corrected chi connectivity index (χ0v) is 23.1. The van der Waals surface area contributed by atoms with Crippen LogP contribution in [-0.4, -0.2) is 35.2 Å². The summed E-state index contributed by atoms with van der Waals surface area (Å²) in [6, 6.07) is 14.2. The third-order valence-corrected chi connectivity index (χ3v) is 7.14. The van der Waals surface area contributed by atoms with Crippen molar-refractivity contribution in [2.24, 2.45) is 4.99 Å². The lowest BCUT2D eigenvalue weighted by Gasteiger charge is -2.13. The fraction of sp³-hybridized carbons (Fsp3) is 0.233. The van der Waals surface area contributed by atoms with Gasteiger partial charge in [-0.3, -0.25) is 19.1 Å². The zero-order chi connectivity index (χ0) is 27.6. The molecule has 8 heteroatoms. The van der Waals surface area contributed by atoms with Crippen LogP contribution in [0.1, 0.15) is 57.9 Å². The Bertz CT molecular complexity index is 1540. The fourth-order valence-corrected chi connectivity index (χ4v) is 4.97. The van der Waals surface area contributed by atoms with Gasteiger partial charge in [-0.15, -0.1) is 0 Å². The first-order chi connectivity index (χ1) is 18.1. The number of carbonyl (C=O) groups excluding carboxylic acids is 1. The van der Waals surface area contributed by atoms with Gasteiger partial charge < -0.3 is 4.90 Å². The molecular weight excluding hydrogens is 524 g/mol. The molecule has 38 heavy (non-hydrogen) atoms. The highest BCUT2D eigenvalue weighted by Gasteiger charge is 2.41. The van der Waals surface area contributed by atoms with Crippen LogP contribution in [0.3, 0.4) is 0 Å². The van der Waals surface area contributed by atoms with Crippen molar-refractivity contribution in [3.8, 4) is 0 Å². The summed E-state index contributed by atoms with van der Waals surface area (Å²) in [6.07, 6.45) is 7.18. The summed E-state index contributed by atoms with van der Waals surface area (Å²) >= 11 is 12.7. The van der Waals surface area contributed by atoms with E-state index in [4.69, 9.17) is 23.2 Å². The number of nitrogens with zero attached hydrogens (tertiary/aromatic N) is 3. The number of allylic oxidation sites excluding steroid dienone is 2. The summed E-state index contributed by atoms with van der Waals surface area (Å²) in [7, 11) is 3.12. The van der Waals surface area contributed by atoms with Gasteiger partial charge in [-0.2, -0.15) is 0 Å². The number of halogens is 3. The number of hydrogen-bond acceptors (Lipinski definition) is 3. The van der Waals surface area contributed by atoms with Gasteiger partial charge in [0.2, 0.25) is 0 Å². The van der Waals surface area contributed by atoms with Gasteiger partial charge in [0.25, 0.3) is 11.5 Å². The topological polar surface area (TPSA) is 54.7 Å². The van der Waals surface area contributed by atoms with Crippen molar-refractivity contribution in [3.05, 3.63) is 121 Å².